The molecule has 5 rings (SSSR count). The number of carbonyl (C=O) groups is 2. The van der Waals surface area contributed by atoms with Crippen molar-refractivity contribution in [2.24, 2.45) is 5.92 Å². The average molecular weight is 592 g/mol. The molecule has 2 unspecified atom stereocenters. The molecule has 2 amide bonds. The molecule has 0 aromatic heterocycles. The number of sulfone groups is 1. The van der Waals surface area contributed by atoms with E-state index in [0.717, 1.165) is 12.0 Å². The molecule has 2 N–H and O–H groups in total. The normalized spacial score (nSPS) is 21.0. The first kappa shape index (κ1) is 27.0. The van der Waals surface area contributed by atoms with Gasteiger partial charge < -0.3 is 10.6 Å². The van der Waals surface area contributed by atoms with Crippen LogP contribution < -0.4 is 10.6 Å². The van der Waals surface area contributed by atoms with Crippen LogP contribution in [0.25, 0.3) is 0 Å². The molecule has 6 nitrogen and oxygen atoms in total. The summed E-state index contributed by atoms with van der Waals surface area (Å²) < 4.78 is 27.9. The smallest absolute Gasteiger partial charge is 0.258 e. The maximum absolute atomic E-state index is 13.9. The number of anilines is 1. The van der Waals surface area contributed by atoms with Gasteiger partial charge in [-0.3, -0.25) is 9.59 Å². The van der Waals surface area contributed by atoms with Crippen LogP contribution in [0.3, 0.4) is 0 Å². The van der Waals surface area contributed by atoms with Gasteiger partial charge in [0, 0.05) is 23.2 Å². The lowest BCUT2D eigenvalue weighted by Crippen LogP contribution is -2.32. The second-order valence-corrected chi connectivity index (χ2v) is 13.2. The number of benzene rings is 3. The van der Waals surface area contributed by atoms with Crippen LogP contribution in [-0.2, 0) is 21.1 Å². The fraction of sp³-hybridized carbons (Fsp3) is 0.286. The second-order valence-electron chi connectivity index (χ2n) is 9.80. The summed E-state index contributed by atoms with van der Waals surface area (Å²) in [4.78, 5) is 24.9. The topological polar surface area (TPSA) is 92.3 Å². The van der Waals surface area contributed by atoms with E-state index in [4.69, 9.17) is 34.8 Å². The summed E-state index contributed by atoms with van der Waals surface area (Å²) in [7, 11) is -3.81. The van der Waals surface area contributed by atoms with Gasteiger partial charge in [0.15, 0.2) is 9.84 Å². The number of nitrogens with one attached hydrogen (secondary N) is 2. The minimum absolute atomic E-state index is 0.0355. The number of rotatable bonds is 6. The Morgan fingerprint density at radius 3 is 2.42 bits per heavy atom. The molecule has 1 heterocycles. The summed E-state index contributed by atoms with van der Waals surface area (Å²) in [6.07, 6.45) is 3.02. The molecule has 3 aromatic rings. The number of halogens is 3. The fourth-order valence-corrected chi connectivity index (χ4v) is 8.22. The maximum atomic E-state index is 13.9. The molecule has 3 atom stereocenters. The molecule has 0 saturated carbocycles. The van der Waals surface area contributed by atoms with Crippen LogP contribution in [0.5, 0.6) is 0 Å². The van der Waals surface area contributed by atoms with Gasteiger partial charge in [0.25, 0.3) is 5.91 Å². The molecule has 198 valence electrons. The number of hydrogen-bond acceptors (Lipinski definition) is 4. The highest BCUT2D eigenvalue weighted by Gasteiger charge is 2.38. The minimum atomic E-state index is -3.81. The van der Waals surface area contributed by atoms with Crippen LogP contribution >= 0.6 is 34.8 Å². The van der Waals surface area contributed by atoms with E-state index in [2.05, 4.69) is 10.6 Å². The van der Waals surface area contributed by atoms with Gasteiger partial charge in [-0.1, -0.05) is 53.0 Å². The molecule has 1 saturated heterocycles. The first-order valence-electron chi connectivity index (χ1n) is 12.3. The number of amides is 2. The number of hydrogen-bond donors (Lipinski definition) is 2. The highest BCUT2D eigenvalue weighted by molar-refractivity contribution is 7.91. The zero-order valence-corrected chi connectivity index (χ0v) is 23.3. The van der Waals surface area contributed by atoms with E-state index in [1.807, 2.05) is 6.07 Å². The fourth-order valence-electron chi connectivity index (χ4n) is 5.43. The monoisotopic (exact) mass is 590 g/mol. The predicted molar refractivity (Wildman–Crippen MR) is 150 cm³/mol. The zero-order valence-electron chi connectivity index (χ0n) is 20.2. The van der Waals surface area contributed by atoms with Crippen molar-refractivity contribution in [3.63, 3.8) is 0 Å². The van der Waals surface area contributed by atoms with Gasteiger partial charge in [0.05, 0.1) is 25.8 Å². The zero-order chi connectivity index (χ0) is 27.0. The van der Waals surface area contributed by atoms with Gasteiger partial charge in [0.1, 0.15) is 0 Å². The summed E-state index contributed by atoms with van der Waals surface area (Å²) in [6.45, 7) is 0. The lowest BCUT2D eigenvalue weighted by atomic mass is 9.80. The second kappa shape index (κ2) is 10.9. The van der Waals surface area contributed by atoms with E-state index in [1.54, 1.807) is 48.5 Å². The summed E-state index contributed by atoms with van der Waals surface area (Å²) in [6, 6.07) is 16.5. The maximum Gasteiger partial charge on any atom is 0.258 e. The van der Waals surface area contributed by atoms with E-state index in [9.17, 15) is 18.0 Å². The van der Waals surface area contributed by atoms with Crippen LogP contribution in [-0.4, -0.2) is 26.3 Å². The first-order valence-corrected chi connectivity index (χ1v) is 15.0. The Morgan fingerprint density at radius 2 is 1.74 bits per heavy atom. The van der Waals surface area contributed by atoms with Crippen LogP contribution in [0.15, 0.2) is 65.6 Å². The molecule has 1 aliphatic carbocycles. The Balaban J connectivity index is 1.50. The van der Waals surface area contributed by atoms with Crippen molar-refractivity contribution in [2.45, 2.75) is 48.3 Å². The largest absolute Gasteiger partial charge is 0.353 e. The molecule has 0 bridgehead atoms. The van der Waals surface area contributed by atoms with Gasteiger partial charge in [-0.05, 0) is 85.2 Å². The summed E-state index contributed by atoms with van der Waals surface area (Å²) in [5.41, 5.74) is 2.13. The van der Waals surface area contributed by atoms with Gasteiger partial charge >= 0.3 is 0 Å². The summed E-state index contributed by atoms with van der Waals surface area (Å²) >= 11 is 18.5. The molecular weight excluding hydrogens is 567 g/mol. The minimum Gasteiger partial charge on any atom is -0.353 e. The number of fused-ring (bicyclic) bond motifs is 1. The molecule has 0 radical (unpaired) electrons. The van der Waals surface area contributed by atoms with Crippen LogP contribution in [0.1, 0.15) is 52.4 Å². The predicted octanol–water partition coefficient (Wildman–Crippen LogP) is 6.65. The first-order chi connectivity index (χ1) is 18.1. The van der Waals surface area contributed by atoms with Crippen molar-refractivity contribution >= 4 is 62.1 Å². The van der Waals surface area contributed by atoms with Gasteiger partial charge in [-0.15, -0.1) is 0 Å². The van der Waals surface area contributed by atoms with E-state index < -0.39 is 21.0 Å². The van der Waals surface area contributed by atoms with Crippen molar-refractivity contribution in [3.8, 4) is 0 Å². The van der Waals surface area contributed by atoms with Crippen LogP contribution in [0.2, 0.25) is 15.1 Å². The molecule has 1 fully saturated rings. The van der Waals surface area contributed by atoms with E-state index in [1.165, 1.54) is 6.07 Å². The molecular formula is C28H25Cl3N2O4S. The average Bonchev–Trinajstić information content (AvgIpc) is 3.28. The Kier molecular flexibility index (Phi) is 7.74. The third-order valence-corrected chi connectivity index (χ3v) is 10.2. The van der Waals surface area contributed by atoms with E-state index in [-0.39, 0.29) is 38.4 Å². The van der Waals surface area contributed by atoms with Gasteiger partial charge in [-0.2, -0.15) is 0 Å². The molecule has 0 spiro atoms. The van der Waals surface area contributed by atoms with Crippen molar-refractivity contribution < 1.29 is 18.0 Å². The summed E-state index contributed by atoms with van der Waals surface area (Å²) in [5, 5.41) is 5.75. The van der Waals surface area contributed by atoms with Gasteiger partial charge in [-0.25, -0.2) is 8.42 Å². The standard InChI is InChI=1S/C28H25Cl3N2O4S/c29-18-3-1-4-21(14-18)38(36,37)25-13-16(12-19-9-10-26(34)32-19)11-17-7-8-20(15-22(17)25)33-28(35)27-23(30)5-2-6-24(27)31/h1-8,14-16,19,25H,9-13H2,(H,32,34)(H,33,35)/t16-,19?,25?/m0/s1. The Labute approximate surface area is 236 Å². The van der Waals surface area contributed by atoms with E-state index >= 15 is 0 Å². The highest BCUT2D eigenvalue weighted by Crippen LogP contribution is 2.44. The quantitative estimate of drug-likeness (QED) is 0.336. The van der Waals surface area contributed by atoms with Crippen LogP contribution in [0, 0.1) is 5.92 Å². The molecule has 2 aliphatic rings. The molecule has 38 heavy (non-hydrogen) atoms. The third-order valence-electron chi connectivity index (χ3n) is 7.20. The van der Waals surface area contributed by atoms with Crippen molar-refractivity contribution in [1.29, 1.82) is 0 Å². The lowest BCUT2D eigenvalue weighted by molar-refractivity contribution is -0.119. The van der Waals surface area contributed by atoms with Crippen molar-refractivity contribution in [1.82, 2.24) is 5.32 Å². The Hall–Kier alpha value is -2.58. The van der Waals surface area contributed by atoms with E-state index in [0.29, 0.717) is 42.0 Å². The molecule has 10 heteroatoms. The highest BCUT2D eigenvalue weighted by atomic mass is 35.5. The summed E-state index contributed by atoms with van der Waals surface area (Å²) in [5.74, 6) is -0.388. The molecule has 1 aliphatic heterocycles. The van der Waals surface area contributed by atoms with Crippen LogP contribution in [0.4, 0.5) is 5.69 Å². The Bertz CT molecular complexity index is 1510. The lowest BCUT2D eigenvalue weighted by Gasteiger charge is -2.33. The SMILES string of the molecule is O=C1CCC(C[C@@H]2Cc3ccc(NC(=O)c4c(Cl)cccc4Cl)cc3C(S(=O)(=O)c3cccc(Cl)c3)C2)N1. The van der Waals surface area contributed by atoms with Gasteiger partial charge in [0.2, 0.25) is 5.91 Å². The third kappa shape index (κ3) is 5.57. The van der Waals surface area contributed by atoms with Crippen molar-refractivity contribution in [2.75, 3.05) is 5.32 Å². The Morgan fingerprint density at radius 1 is 1.00 bits per heavy atom. The van der Waals surface area contributed by atoms with Crippen molar-refractivity contribution in [3.05, 3.63) is 92.4 Å². The molecule has 3 aromatic carbocycles. The number of carbonyl (C=O) groups excluding carboxylic acids is 2.